The maximum atomic E-state index is 3.87. The molecule has 0 nitrogen and oxygen atoms in total. The first-order chi connectivity index (χ1) is 7.33. The quantitative estimate of drug-likeness (QED) is 0.501. The monoisotopic (exact) mass is 204 g/mol. The molecule has 0 fully saturated rings. The molecular formula is C15H24. The van der Waals surface area contributed by atoms with E-state index in [2.05, 4.69) is 32.6 Å². The van der Waals surface area contributed by atoms with E-state index in [0.717, 1.165) is 6.42 Å². The van der Waals surface area contributed by atoms with E-state index in [4.69, 9.17) is 0 Å². The first-order valence-electron chi connectivity index (χ1n) is 6.34. The lowest BCUT2D eigenvalue weighted by molar-refractivity contribution is 0.780. The normalized spacial score (nSPS) is 16.5. The van der Waals surface area contributed by atoms with Gasteiger partial charge in [-0.15, -0.1) is 6.58 Å². The summed E-state index contributed by atoms with van der Waals surface area (Å²) in [6.45, 7) is 8.41. The molecule has 0 amide bonds. The summed E-state index contributed by atoms with van der Waals surface area (Å²) in [7, 11) is 0. The second-order valence-corrected chi connectivity index (χ2v) is 4.34. The van der Waals surface area contributed by atoms with Gasteiger partial charge in [-0.05, 0) is 43.3 Å². The van der Waals surface area contributed by atoms with Crippen LogP contribution in [0.3, 0.4) is 0 Å². The Kier molecular flexibility index (Phi) is 5.45. The molecule has 0 saturated carbocycles. The molecule has 0 bridgehead atoms. The van der Waals surface area contributed by atoms with Gasteiger partial charge in [-0.25, -0.2) is 0 Å². The zero-order valence-electron chi connectivity index (χ0n) is 10.3. The van der Waals surface area contributed by atoms with Gasteiger partial charge in [0.05, 0.1) is 0 Å². The van der Waals surface area contributed by atoms with E-state index in [1.807, 2.05) is 0 Å². The first-order valence-corrected chi connectivity index (χ1v) is 6.34. The van der Waals surface area contributed by atoms with E-state index in [9.17, 15) is 0 Å². The second-order valence-electron chi connectivity index (χ2n) is 4.34. The summed E-state index contributed by atoms with van der Waals surface area (Å²) < 4.78 is 0. The minimum absolute atomic E-state index is 1.08. The van der Waals surface area contributed by atoms with Crippen molar-refractivity contribution >= 4 is 0 Å². The Hall–Kier alpha value is -0.780. The maximum Gasteiger partial charge on any atom is -0.0136 e. The highest BCUT2D eigenvalue weighted by atomic mass is 14.2. The summed E-state index contributed by atoms with van der Waals surface area (Å²) in [6, 6.07) is 0. The molecule has 1 aliphatic rings. The van der Waals surface area contributed by atoms with Crippen LogP contribution in [0.15, 0.2) is 35.5 Å². The topological polar surface area (TPSA) is 0 Å². The van der Waals surface area contributed by atoms with E-state index in [-0.39, 0.29) is 0 Å². The summed E-state index contributed by atoms with van der Waals surface area (Å²) in [4.78, 5) is 0. The van der Waals surface area contributed by atoms with Crippen LogP contribution in [0.5, 0.6) is 0 Å². The molecular weight excluding hydrogens is 180 g/mol. The van der Waals surface area contributed by atoms with Crippen molar-refractivity contribution in [1.29, 1.82) is 0 Å². The zero-order valence-corrected chi connectivity index (χ0v) is 10.3. The molecule has 0 radical (unpaired) electrons. The Morgan fingerprint density at radius 3 is 2.40 bits per heavy atom. The summed E-state index contributed by atoms with van der Waals surface area (Å²) in [5.41, 5.74) is 4.92. The van der Waals surface area contributed by atoms with Crippen LogP contribution in [0.25, 0.3) is 0 Å². The van der Waals surface area contributed by atoms with E-state index in [1.165, 1.54) is 38.5 Å². The Labute approximate surface area is 94.8 Å². The molecule has 0 spiro atoms. The Morgan fingerprint density at radius 2 is 2.00 bits per heavy atom. The molecule has 0 atom stereocenters. The minimum atomic E-state index is 1.08. The molecule has 0 aromatic carbocycles. The van der Waals surface area contributed by atoms with Gasteiger partial charge in [0.25, 0.3) is 0 Å². The van der Waals surface area contributed by atoms with Gasteiger partial charge in [-0.1, -0.05) is 44.4 Å². The number of allylic oxidation sites excluding steroid dienone is 5. The molecule has 0 heterocycles. The van der Waals surface area contributed by atoms with Crippen LogP contribution in [0.2, 0.25) is 0 Å². The van der Waals surface area contributed by atoms with Crippen molar-refractivity contribution in [2.75, 3.05) is 0 Å². The highest BCUT2D eigenvalue weighted by Gasteiger charge is 2.14. The molecule has 1 rings (SSSR count). The lowest BCUT2D eigenvalue weighted by atomic mass is 9.84. The minimum Gasteiger partial charge on any atom is -0.103 e. The van der Waals surface area contributed by atoms with Gasteiger partial charge < -0.3 is 0 Å². The molecule has 0 aromatic rings. The fourth-order valence-electron chi connectivity index (χ4n) is 2.23. The molecule has 0 aromatic heterocycles. The van der Waals surface area contributed by atoms with Gasteiger partial charge in [0.1, 0.15) is 0 Å². The Bertz CT molecular complexity index is 266. The van der Waals surface area contributed by atoms with E-state index in [0.29, 0.717) is 0 Å². The van der Waals surface area contributed by atoms with Gasteiger partial charge in [-0.2, -0.15) is 0 Å². The predicted octanol–water partition coefficient (Wildman–Crippen LogP) is 5.18. The molecule has 15 heavy (non-hydrogen) atoms. The zero-order chi connectivity index (χ0) is 11.1. The third-order valence-corrected chi connectivity index (χ3v) is 3.06. The number of rotatable bonds is 7. The van der Waals surface area contributed by atoms with Crippen LogP contribution in [0.4, 0.5) is 0 Å². The van der Waals surface area contributed by atoms with Gasteiger partial charge in [-0.3, -0.25) is 0 Å². The van der Waals surface area contributed by atoms with Gasteiger partial charge >= 0.3 is 0 Å². The fraction of sp³-hybridized carbons (Fsp3) is 0.600. The van der Waals surface area contributed by atoms with Crippen LogP contribution in [-0.4, -0.2) is 0 Å². The van der Waals surface area contributed by atoms with Crippen LogP contribution >= 0.6 is 0 Å². The van der Waals surface area contributed by atoms with Crippen LogP contribution in [-0.2, 0) is 0 Å². The largest absolute Gasteiger partial charge is 0.103 e. The molecule has 0 heteroatoms. The van der Waals surface area contributed by atoms with Crippen LogP contribution in [0, 0.1) is 0 Å². The van der Waals surface area contributed by atoms with Crippen LogP contribution in [0.1, 0.15) is 58.8 Å². The predicted molar refractivity (Wildman–Crippen MR) is 69.0 cm³/mol. The van der Waals surface area contributed by atoms with Gasteiger partial charge in [0, 0.05) is 0 Å². The van der Waals surface area contributed by atoms with Crippen molar-refractivity contribution in [2.45, 2.75) is 58.8 Å². The molecule has 0 aliphatic heterocycles. The third-order valence-electron chi connectivity index (χ3n) is 3.06. The highest BCUT2D eigenvalue weighted by Crippen LogP contribution is 2.33. The standard InChI is InChI=1S/C15H24/c1-4-8-13(9-5-2)15(10-6-3)14-11-7-12-14/h4,11H,1,5-10,12H2,2-3H3/b15-13-. The summed E-state index contributed by atoms with van der Waals surface area (Å²) in [6.07, 6.45) is 13.2. The number of hydrogen-bond acceptors (Lipinski definition) is 0. The lowest BCUT2D eigenvalue weighted by Crippen LogP contribution is -2.02. The summed E-state index contributed by atoms with van der Waals surface area (Å²) in [5, 5.41) is 0. The smallest absolute Gasteiger partial charge is 0.0136 e. The average molecular weight is 204 g/mol. The summed E-state index contributed by atoms with van der Waals surface area (Å²) >= 11 is 0. The molecule has 84 valence electrons. The third kappa shape index (κ3) is 3.37. The van der Waals surface area contributed by atoms with Crippen LogP contribution < -0.4 is 0 Å². The van der Waals surface area contributed by atoms with Crippen molar-refractivity contribution < 1.29 is 0 Å². The lowest BCUT2D eigenvalue weighted by Gasteiger charge is -2.22. The van der Waals surface area contributed by atoms with E-state index in [1.54, 1.807) is 16.7 Å². The van der Waals surface area contributed by atoms with Crippen molar-refractivity contribution in [2.24, 2.45) is 0 Å². The van der Waals surface area contributed by atoms with Crippen molar-refractivity contribution in [3.8, 4) is 0 Å². The molecule has 0 unspecified atom stereocenters. The van der Waals surface area contributed by atoms with E-state index >= 15 is 0 Å². The highest BCUT2D eigenvalue weighted by molar-refractivity contribution is 5.40. The summed E-state index contributed by atoms with van der Waals surface area (Å²) in [5.74, 6) is 0. The Balaban J connectivity index is 2.85. The molecule has 1 aliphatic carbocycles. The molecule has 0 saturated heterocycles. The fourth-order valence-corrected chi connectivity index (χ4v) is 2.23. The van der Waals surface area contributed by atoms with Crippen molar-refractivity contribution in [1.82, 2.24) is 0 Å². The second kappa shape index (κ2) is 6.66. The molecule has 0 N–H and O–H groups in total. The Morgan fingerprint density at radius 1 is 1.33 bits per heavy atom. The van der Waals surface area contributed by atoms with Crippen molar-refractivity contribution in [3.05, 3.63) is 35.5 Å². The SMILES string of the molecule is C=CC/C(CCC)=C(\CCC)C1=CCC1. The first kappa shape index (κ1) is 12.3. The maximum absolute atomic E-state index is 3.87. The van der Waals surface area contributed by atoms with Crippen molar-refractivity contribution in [3.63, 3.8) is 0 Å². The number of hydrogen-bond donors (Lipinski definition) is 0. The average Bonchev–Trinajstić information content (AvgIpc) is 2.14. The van der Waals surface area contributed by atoms with Gasteiger partial charge in [0.15, 0.2) is 0 Å². The van der Waals surface area contributed by atoms with E-state index < -0.39 is 0 Å². The van der Waals surface area contributed by atoms with Gasteiger partial charge in [0.2, 0.25) is 0 Å².